The van der Waals surface area contributed by atoms with Gasteiger partial charge in [-0.2, -0.15) is 0 Å². The molecule has 0 saturated heterocycles. The van der Waals surface area contributed by atoms with E-state index in [-0.39, 0.29) is 12.1 Å². The molecule has 0 bridgehead atoms. The van der Waals surface area contributed by atoms with Crippen molar-refractivity contribution >= 4 is 29.7 Å². The summed E-state index contributed by atoms with van der Waals surface area (Å²) in [6, 6.07) is 9.91. The standard InChI is InChI=1S/C20H19F2N5O3/c21-9-10-24-18(29)16-20(19(23)30,26-11-25-16)13-3-7-15(8-4-13)27-17(28)12-1-5-14(22)6-2-12/h1-8,11,16H,9-10H2,(H2,23,30)(H,24,29)(H,25,26)(H,27,28). The summed E-state index contributed by atoms with van der Waals surface area (Å²) in [5.41, 5.74) is 4.96. The van der Waals surface area contributed by atoms with Crippen LogP contribution in [0, 0.1) is 5.82 Å². The minimum absolute atomic E-state index is 0.214. The Morgan fingerprint density at radius 2 is 1.77 bits per heavy atom. The number of hydrogen-bond acceptors (Lipinski definition) is 5. The molecule has 2 atom stereocenters. The summed E-state index contributed by atoms with van der Waals surface area (Å²) in [5.74, 6) is -2.40. The van der Waals surface area contributed by atoms with E-state index < -0.39 is 41.8 Å². The summed E-state index contributed by atoms with van der Waals surface area (Å²) in [6.07, 6.45) is 1.20. The molecule has 0 aromatic heterocycles. The minimum Gasteiger partial charge on any atom is -0.367 e. The Labute approximate surface area is 170 Å². The number of carbonyl (C=O) groups excluding carboxylic acids is 3. The molecule has 10 heteroatoms. The fourth-order valence-electron chi connectivity index (χ4n) is 3.15. The van der Waals surface area contributed by atoms with Gasteiger partial charge in [0, 0.05) is 17.8 Å². The maximum absolute atomic E-state index is 13.0. The molecule has 30 heavy (non-hydrogen) atoms. The zero-order valence-corrected chi connectivity index (χ0v) is 15.7. The fraction of sp³-hybridized carbons (Fsp3) is 0.200. The van der Waals surface area contributed by atoms with Gasteiger partial charge in [0.2, 0.25) is 5.91 Å². The zero-order chi connectivity index (χ0) is 21.7. The number of carbonyl (C=O) groups is 3. The van der Waals surface area contributed by atoms with Crippen molar-refractivity contribution in [3.05, 3.63) is 65.5 Å². The molecule has 3 amide bonds. The van der Waals surface area contributed by atoms with Crippen LogP contribution >= 0.6 is 0 Å². The Balaban J connectivity index is 1.82. The summed E-state index contributed by atoms with van der Waals surface area (Å²) < 4.78 is 25.4. The first-order valence-corrected chi connectivity index (χ1v) is 8.99. The van der Waals surface area contributed by atoms with Crippen LogP contribution in [0.2, 0.25) is 0 Å². The number of benzene rings is 2. The van der Waals surface area contributed by atoms with E-state index in [1.807, 2.05) is 0 Å². The predicted molar refractivity (Wildman–Crippen MR) is 106 cm³/mol. The number of amides is 3. The minimum atomic E-state index is -1.65. The third kappa shape index (κ3) is 3.97. The van der Waals surface area contributed by atoms with Crippen LogP contribution in [0.5, 0.6) is 0 Å². The number of hydrogen-bond donors (Lipinski definition) is 4. The molecule has 3 rings (SSSR count). The lowest BCUT2D eigenvalue weighted by Gasteiger charge is -2.31. The van der Waals surface area contributed by atoms with Gasteiger partial charge in [-0.05, 0) is 42.0 Å². The van der Waals surface area contributed by atoms with Crippen LogP contribution in [0.4, 0.5) is 14.5 Å². The molecule has 0 radical (unpaired) electrons. The first-order chi connectivity index (χ1) is 14.4. The summed E-state index contributed by atoms with van der Waals surface area (Å²) >= 11 is 0. The molecule has 1 heterocycles. The zero-order valence-electron chi connectivity index (χ0n) is 15.7. The van der Waals surface area contributed by atoms with Crippen LogP contribution in [0.3, 0.4) is 0 Å². The lowest BCUT2D eigenvalue weighted by Crippen LogP contribution is -2.60. The lowest BCUT2D eigenvalue weighted by atomic mass is 9.82. The van der Waals surface area contributed by atoms with E-state index in [0.717, 1.165) is 0 Å². The molecular formula is C20H19F2N5O3. The molecular weight excluding hydrogens is 396 g/mol. The number of rotatable bonds is 7. The average molecular weight is 415 g/mol. The van der Waals surface area contributed by atoms with Crippen LogP contribution in [-0.2, 0) is 15.1 Å². The van der Waals surface area contributed by atoms with Crippen molar-refractivity contribution < 1.29 is 23.2 Å². The van der Waals surface area contributed by atoms with E-state index in [9.17, 15) is 23.2 Å². The molecule has 2 unspecified atom stereocenters. The summed E-state index contributed by atoms with van der Waals surface area (Å²) in [7, 11) is 0. The van der Waals surface area contributed by atoms with E-state index >= 15 is 0 Å². The Morgan fingerprint density at radius 1 is 1.10 bits per heavy atom. The number of nitrogens with two attached hydrogens (primary N) is 1. The molecule has 5 N–H and O–H groups in total. The maximum atomic E-state index is 13.0. The molecule has 1 aliphatic rings. The highest BCUT2D eigenvalue weighted by atomic mass is 19.1. The fourth-order valence-corrected chi connectivity index (χ4v) is 3.15. The monoisotopic (exact) mass is 415 g/mol. The first kappa shape index (κ1) is 20.9. The van der Waals surface area contributed by atoms with Gasteiger partial charge < -0.3 is 21.7 Å². The molecule has 8 nitrogen and oxygen atoms in total. The van der Waals surface area contributed by atoms with E-state index in [1.165, 1.54) is 54.9 Å². The van der Waals surface area contributed by atoms with Crippen LogP contribution in [-0.4, -0.2) is 43.3 Å². The number of aliphatic imine (C=N–C) groups is 1. The molecule has 0 fully saturated rings. The van der Waals surface area contributed by atoms with Gasteiger partial charge in [0.05, 0.1) is 6.34 Å². The topological polar surface area (TPSA) is 126 Å². The molecule has 1 aliphatic heterocycles. The highest BCUT2D eigenvalue weighted by molar-refractivity contribution is 6.04. The molecule has 0 aliphatic carbocycles. The highest BCUT2D eigenvalue weighted by Gasteiger charge is 2.52. The second-order valence-corrected chi connectivity index (χ2v) is 6.52. The van der Waals surface area contributed by atoms with Gasteiger partial charge in [-0.3, -0.25) is 19.4 Å². The van der Waals surface area contributed by atoms with E-state index in [1.54, 1.807) is 0 Å². The van der Waals surface area contributed by atoms with Crippen molar-refractivity contribution in [1.82, 2.24) is 10.6 Å². The normalized spacial score (nSPS) is 19.7. The largest absolute Gasteiger partial charge is 0.367 e. The SMILES string of the molecule is NC(=O)C1(c2ccc(NC(=O)c3ccc(F)cc3)cc2)NC=NC1C(=O)NCCF. The summed E-state index contributed by atoms with van der Waals surface area (Å²) in [6.45, 7) is -0.977. The van der Waals surface area contributed by atoms with Crippen molar-refractivity contribution in [3.8, 4) is 0 Å². The molecule has 2 aromatic rings. The Hall–Kier alpha value is -3.82. The second kappa shape index (κ2) is 8.68. The van der Waals surface area contributed by atoms with Gasteiger partial charge in [-0.1, -0.05) is 12.1 Å². The van der Waals surface area contributed by atoms with Gasteiger partial charge in [0.1, 0.15) is 12.5 Å². The van der Waals surface area contributed by atoms with Gasteiger partial charge in [0.25, 0.3) is 11.8 Å². The quantitative estimate of drug-likeness (QED) is 0.535. The van der Waals surface area contributed by atoms with Crippen molar-refractivity contribution in [2.45, 2.75) is 11.6 Å². The first-order valence-electron chi connectivity index (χ1n) is 8.99. The second-order valence-electron chi connectivity index (χ2n) is 6.52. The van der Waals surface area contributed by atoms with Gasteiger partial charge in [-0.25, -0.2) is 8.78 Å². The number of anilines is 1. The van der Waals surface area contributed by atoms with Crippen LogP contribution < -0.4 is 21.7 Å². The highest BCUT2D eigenvalue weighted by Crippen LogP contribution is 2.31. The summed E-state index contributed by atoms with van der Waals surface area (Å²) in [5, 5.41) is 7.74. The van der Waals surface area contributed by atoms with Crippen LogP contribution in [0.25, 0.3) is 0 Å². The van der Waals surface area contributed by atoms with Gasteiger partial charge >= 0.3 is 0 Å². The number of alkyl halides is 1. The molecule has 156 valence electrons. The number of primary amides is 1. The van der Waals surface area contributed by atoms with Crippen molar-refractivity contribution in [2.75, 3.05) is 18.5 Å². The Bertz CT molecular complexity index is 979. The van der Waals surface area contributed by atoms with Crippen molar-refractivity contribution in [3.63, 3.8) is 0 Å². The van der Waals surface area contributed by atoms with E-state index in [2.05, 4.69) is 20.9 Å². The smallest absolute Gasteiger partial charge is 0.255 e. The summed E-state index contributed by atoms with van der Waals surface area (Å²) in [4.78, 5) is 40.9. The van der Waals surface area contributed by atoms with Crippen LogP contribution in [0.1, 0.15) is 15.9 Å². The molecule has 2 aromatic carbocycles. The number of nitrogens with one attached hydrogen (secondary N) is 3. The lowest BCUT2D eigenvalue weighted by molar-refractivity contribution is -0.131. The van der Waals surface area contributed by atoms with Crippen LogP contribution in [0.15, 0.2) is 53.5 Å². The third-order valence-corrected chi connectivity index (χ3v) is 4.66. The average Bonchev–Trinajstić information content (AvgIpc) is 3.19. The Morgan fingerprint density at radius 3 is 2.37 bits per heavy atom. The van der Waals surface area contributed by atoms with Gasteiger partial charge in [0.15, 0.2) is 11.6 Å². The predicted octanol–water partition coefficient (Wildman–Crippen LogP) is 0.844. The Kier molecular flexibility index (Phi) is 6.05. The number of nitrogens with zero attached hydrogens (tertiary/aromatic N) is 1. The molecule has 0 spiro atoms. The van der Waals surface area contributed by atoms with Crippen molar-refractivity contribution in [1.29, 1.82) is 0 Å². The van der Waals surface area contributed by atoms with E-state index in [4.69, 9.17) is 5.73 Å². The van der Waals surface area contributed by atoms with Gasteiger partial charge in [-0.15, -0.1) is 0 Å². The molecule has 0 saturated carbocycles. The third-order valence-electron chi connectivity index (χ3n) is 4.66. The maximum Gasteiger partial charge on any atom is 0.255 e. The number of halogens is 2. The van der Waals surface area contributed by atoms with Crippen molar-refractivity contribution in [2.24, 2.45) is 10.7 Å². The van der Waals surface area contributed by atoms with E-state index in [0.29, 0.717) is 11.3 Å².